The summed E-state index contributed by atoms with van der Waals surface area (Å²) in [5.74, 6) is 0.812. The van der Waals surface area contributed by atoms with Gasteiger partial charge in [-0.1, -0.05) is 76.2 Å². The number of fused-ring (bicyclic) bond motifs is 8. The van der Waals surface area contributed by atoms with E-state index >= 15 is 0 Å². The van der Waals surface area contributed by atoms with Gasteiger partial charge < -0.3 is 99.2 Å². The number of hydrogen-bond acceptors (Lipinski definition) is 24. The molecule has 28 nitrogen and oxygen atoms in total. The quantitative estimate of drug-likeness (QED) is 0.0145. The van der Waals surface area contributed by atoms with Crippen LogP contribution in [0.4, 0.5) is 0 Å². The molecular formula is C103H142O28. The zero-order valence-electron chi connectivity index (χ0n) is 76.7. The molecule has 0 heterocycles. The molecule has 12 aliphatic carbocycles. The van der Waals surface area contributed by atoms with Crippen molar-refractivity contribution in [2.45, 2.75) is 331 Å². The highest BCUT2D eigenvalue weighted by molar-refractivity contribution is 5.85. The number of aliphatic carboxylic acids is 4. The van der Waals surface area contributed by atoms with Crippen molar-refractivity contribution in [2.75, 3.05) is 33.0 Å². The number of aliphatic hydroxyl groups excluding tert-OH is 8. The summed E-state index contributed by atoms with van der Waals surface area (Å²) in [5.41, 5.74) is 6.37. The van der Waals surface area contributed by atoms with Crippen molar-refractivity contribution < 1.29 is 138 Å². The maximum absolute atomic E-state index is 12.4. The van der Waals surface area contributed by atoms with E-state index in [4.69, 9.17) is 58.3 Å². The second-order valence-corrected chi connectivity index (χ2v) is 40.3. The van der Waals surface area contributed by atoms with Gasteiger partial charge in [0, 0.05) is 19.3 Å². The molecule has 12 N–H and O–H groups in total. The van der Waals surface area contributed by atoms with Crippen LogP contribution in [0.3, 0.4) is 0 Å². The maximum atomic E-state index is 12.4. The summed E-state index contributed by atoms with van der Waals surface area (Å²) >= 11 is 0. The highest BCUT2D eigenvalue weighted by Crippen LogP contribution is 2.55. The molecule has 0 aliphatic heterocycles. The number of hydrogen-bond donors (Lipinski definition) is 12. The Labute approximate surface area is 768 Å². The largest absolute Gasteiger partial charge is 0.482 e. The first-order valence-corrected chi connectivity index (χ1v) is 48.9. The first kappa shape index (κ1) is 100.0. The van der Waals surface area contributed by atoms with E-state index in [9.17, 15) is 79.2 Å². The minimum atomic E-state index is -1.36. The fourth-order valence-corrected chi connectivity index (χ4v) is 23.4. The Morgan fingerprint density at radius 1 is 0.382 bits per heavy atom. The number of carbonyl (C=O) groups excluding carboxylic acids is 4. The summed E-state index contributed by atoms with van der Waals surface area (Å²) in [6.45, 7) is 7.33. The van der Waals surface area contributed by atoms with E-state index in [1.54, 1.807) is 0 Å². The van der Waals surface area contributed by atoms with E-state index < -0.39 is 64.6 Å². The van der Waals surface area contributed by atoms with Crippen LogP contribution >= 0.6 is 0 Å². The predicted molar refractivity (Wildman–Crippen MR) is 479 cm³/mol. The molecule has 722 valence electrons. The average Bonchev–Trinajstić information content (AvgIpc) is 1.63. The zero-order valence-corrected chi connectivity index (χ0v) is 76.7. The number of carbonyl (C=O) groups is 8. The first-order chi connectivity index (χ1) is 62.8. The van der Waals surface area contributed by atoms with Crippen LogP contribution in [0.25, 0.3) is 0 Å². The van der Waals surface area contributed by atoms with E-state index in [1.165, 1.54) is 22.3 Å². The third kappa shape index (κ3) is 26.2. The lowest BCUT2D eigenvalue weighted by molar-refractivity contribution is -0.168. The molecule has 0 bridgehead atoms. The fourth-order valence-electron chi connectivity index (χ4n) is 23.4. The van der Waals surface area contributed by atoms with Gasteiger partial charge in [0.05, 0.1) is 67.8 Å². The van der Waals surface area contributed by atoms with Gasteiger partial charge in [-0.05, 0) is 358 Å². The number of carboxylic acid groups (broad SMARTS) is 4. The van der Waals surface area contributed by atoms with E-state index in [0.717, 1.165) is 195 Å². The predicted octanol–water partition coefficient (Wildman–Crippen LogP) is 12.4. The van der Waals surface area contributed by atoms with Crippen LogP contribution in [-0.2, 0) is 109 Å². The van der Waals surface area contributed by atoms with Crippen LogP contribution in [0, 0.1) is 82.9 Å². The van der Waals surface area contributed by atoms with Gasteiger partial charge in [-0.25, -0.2) is 24.0 Å². The normalized spacial score (nSPS) is 29.0. The molecule has 0 spiro atoms. The lowest BCUT2D eigenvalue weighted by Gasteiger charge is -2.32. The van der Waals surface area contributed by atoms with Gasteiger partial charge >= 0.3 is 47.8 Å². The van der Waals surface area contributed by atoms with Crippen LogP contribution < -0.4 is 18.9 Å². The Hall–Kier alpha value is -8.48. The molecule has 131 heavy (non-hydrogen) atoms. The Bertz CT molecular complexity index is 4540. The monoisotopic (exact) mass is 1830 g/mol. The summed E-state index contributed by atoms with van der Waals surface area (Å²) in [7, 11) is 0. The maximum Gasteiger partial charge on any atom is 0.348 e. The Balaban J connectivity index is 0.000000149. The van der Waals surface area contributed by atoms with Gasteiger partial charge in [-0.15, -0.1) is 0 Å². The Kier molecular flexibility index (Phi) is 34.5. The molecule has 0 amide bonds. The summed E-state index contributed by atoms with van der Waals surface area (Å²) < 4.78 is 44.8. The van der Waals surface area contributed by atoms with Crippen molar-refractivity contribution in [3.05, 3.63) is 117 Å². The number of esters is 4. The SMILES string of the molecule is CC[C@H](O)CC[C@@H]1[C@H]2Cc3cccc(OCC(=O)OC4(C(=O)O)CC4)c3C[C@H]2C[C@H]1O.CC[C@H](O)CC[C@@H]1[C@H]2Cc3cccc(OCC(=O)OC4(CC(=O)O)CC4)c3C[C@H]2C[C@H]1O.CC[C@H](O)CC[C@@H]1[C@H]2Cc3cccc(OCC(=O)OC4(CCC(=O)O)CC4)c3C[C@H]2C[C@H]1O.CC[C@H](O)CC[C@@H]1[C@H]2Cc3cccc(OCC(=O)OCC4CCC(C(=O)O)CC4)c3C[C@H]2C[C@H]1O. The summed E-state index contributed by atoms with van der Waals surface area (Å²) in [6.07, 6.45) is 22.7. The molecule has 0 aromatic heterocycles. The van der Waals surface area contributed by atoms with Crippen molar-refractivity contribution in [2.24, 2.45) is 82.9 Å². The van der Waals surface area contributed by atoms with Gasteiger partial charge in [0.2, 0.25) is 5.60 Å². The molecule has 0 radical (unpaired) electrons. The molecule has 4 aromatic rings. The van der Waals surface area contributed by atoms with Gasteiger partial charge in [0.1, 0.15) is 34.2 Å². The number of aliphatic hydroxyl groups is 8. The Morgan fingerprint density at radius 2 is 0.695 bits per heavy atom. The molecule has 0 unspecified atom stereocenters. The van der Waals surface area contributed by atoms with Crippen molar-refractivity contribution in [1.29, 1.82) is 0 Å². The number of benzene rings is 4. The molecule has 0 saturated heterocycles. The minimum Gasteiger partial charge on any atom is -0.482 e. The number of carboxylic acids is 4. The van der Waals surface area contributed by atoms with E-state index in [1.807, 2.05) is 76.2 Å². The molecule has 12 aliphatic rings. The fraction of sp³-hybridized carbons (Fsp3) is 0.689. The third-order valence-electron chi connectivity index (χ3n) is 31.6. The van der Waals surface area contributed by atoms with Crippen molar-refractivity contribution in [3.63, 3.8) is 0 Å². The smallest absolute Gasteiger partial charge is 0.348 e. The van der Waals surface area contributed by atoms with Crippen LogP contribution in [0.1, 0.15) is 258 Å². The lowest BCUT2D eigenvalue weighted by atomic mass is 9.73. The third-order valence-corrected chi connectivity index (χ3v) is 31.6. The summed E-state index contributed by atoms with van der Waals surface area (Å²) in [5, 5.41) is 119. The summed E-state index contributed by atoms with van der Waals surface area (Å²) in [6, 6.07) is 23.6. The molecule has 20 atom stereocenters. The van der Waals surface area contributed by atoms with E-state index in [-0.39, 0.29) is 124 Å². The molecule has 8 fully saturated rings. The second kappa shape index (κ2) is 45.2. The molecule has 28 heteroatoms. The zero-order chi connectivity index (χ0) is 93.6. The molecular weight excluding hydrogens is 1690 g/mol. The topological polar surface area (TPSA) is 453 Å². The standard InChI is InChI=1S/C28H40O7.C26H36O7.C25H34O7.C24H32O7/c1-2-21(29)10-11-22-23-12-19-4-3-5-26(24(19)13-20(23)14-25(22)30)34-16-27(31)35-15-17-6-8-18(9-7-17)28(32)33;1-2-18(27)6-7-19-20-12-16-4-3-5-23(21(16)13-17(20)14-22(19)28)32-15-25(31)33-26(10-11-26)9-8-24(29)30;1-2-17(26)6-7-18-19-10-15-4-3-5-22(20(15)11-16(19)12-21(18)27)31-14-24(30)32-25(8-9-25)13-23(28)29;1-2-16(25)6-7-17-18-10-14-4-3-5-21(19(14)11-15(18)12-20(17)26)30-13-22(27)31-24(8-9-24)23(28)29/h3-5,17-18,20-23,25,29-30H,2,6-16H2,1H3,(H,32,33);3-5,17-20,22,27-28H,2,6-15H2,1H3,(H,29,30);3-5,16-19,21,26-27H,2,6-14H2,1H3,(H,28,29);3-5,15-18,20,25-26H,2,6-13H2,1H3,(H,28,29)/t17?,18?,20-,21-,22+,23-,25+;17-,18-,19+,20-,22+;16-,17-,18+,19-,21+;15-,16-,17+,18-,20+/m0000/s1. The van der Waals surface area contributed by atoms with Gasteiger partial charge in [-0.2, -0.15) is 0 Å². The average molecular weight is 1830 g/mol. The number of ether oxygens (including phenoxy) is 8. The lowest BCUT2D eigenvalue weighted by Crippen LogP contribution is -2.31. The van der Waals surface area contributed by atoms with E-state index in [2.05, 4.69) is 24.3 Å². The van der Waals surface area contributed by atoms with Crippen molar-refractivity contribution in [3.8, 4) is 23.0 Å². The Morgan fingerprint density at radius 3 is 0.977 bits per heavy atom. The van der Waals surface area contributed by atoms with Gasteiger partial charge in [0.15, 0.2) is 26.4 Å². The first-order valence-electron chi connectivity index (χ1n) is 48.9. The van der Waals surface area contributed by atoms with Crippen LogP contribution in [0.5, 0.6) is 23.0 Å². The van der Waals surface area contributed by atoms with Crippen molar-refractivity contribution in [1.82, 2.24) is 0 Å². The van der Waals surface area contributed by atoms with Gasteiger partial charge in [-0.3, -0.25) is 14.4 Å². The molecule has 16 rings (SSSR count). The summed E-state index contributed by atoms with van der Waals surface area (Å²) in [4.78, 5) is 93.1. The number of rotatable bonds is 40. The molecule has 8 saturated carbocycles. The van der Waals surface area contributed by atoms with Crippen molar-refractivity contribution >= 4 is 47.8 Å². The molecule has 4 aromatic carbocycles. The highest BCUT2D eigenvalue weighted by atomic mass is 16.6. The van der Waals surface area contributed by atoms with Gasteiger partial charge in [0.25, 0.3) is 0 Å². The van der Waals surface area contributed by atoms with Crippen LogP contribution in [-0.4, -0.2) is 208 Å². The highest BCUT2D eigenvalue weighted by Gasteiger charge is 2.56. The van der Waals surface area contributed by atoms with E-state index in [0.29, 0.717) is 129 Å². The minimum absolute atomic E-state index is 0.00681. The van der Waals surface area contributed by atoms with Crippen LogP contribution in [0.2, 0.25) is 0 Å². The van der Waals surface area contributed by atoms with Crippen LogP contribution in [0.15, 0.2) is 72.8 Å². The second-order valence-electron chi connectivity index (χ2n) is 40.3.